The Morgan fingerprint density at radius 3 is 2.41 bits per heavy atom. The molecular weight excluding hydrogens is 208 g/mol. The van der Waals surface area contributed by atoms with Gasteiger partial charge in [-0.2, -0.15) is 0 Å². The number of methoxy groups -OCH3 is 1. The van der Waals surface area contributed by atoms with E-state index in [4.69, 9.17) is 4.74 Å². The van der Waals surface area contributed by atoms with Crippen molar-refractivity contribution in [2.45, 2.75) is 46.6 Å². The second kappa shape index (κ2) is 4.28. The maximum atomic E-state index is 5.70. The molecule has 0 saturated carbocycles. The maximum Gasteiger partial charge on any atom is 0.0837 e. The van der Waals surface area contributed by atoms with Crippen LogP contribution < -0.4 is 0 Å². The van der Waals surface area contributed by atoms with Gasteiger partial charge in [0.1, 0.15) is 0 Å². The number of rotatable bonds is 3. The zero-order valence-electron chi connectivity index (χ0n) is 12.1. The summed E-state index contributed by atoms with van der Waals surface area (Å²) in [7, 11) is 1.82. The number of hydrogen-bond acceptors (Lipinski definition) is 1. The summed E-state index contributed by atoms with van der Waals surface area (Å²) in [6.45, 7) is 11.4. The van der Waals surface area contributed by atoms with Gasteiger partial charge in [0.05, 0.1) is 5.60 Å². The van der Waals surface area contributed by atoms with Crippen LogP contribution >= 0.6 is 0 Å². The Labute approximate surface area is 106 Å². The fourth-order valence-corrected chi connectivity index (χ4v) is 3.41. The molecule has 0 spiro atoms. The van der Waals surface area contributed by atoms with Gasteiger partial charge in [-0.15, -0.1) is 0 Å². The number of fused-ring (bicyclic) bond motifs is 1. The van der Waals surface area contributed by atoms with Crippen molar-refractivity contribution in [1.29, 1.82) is 0 Å². The largest absolute Gasteiger partial charge is 0.374 e. The topological polar surface area (TPSA) is 9.23 Å². The minimum atomic E-state index is -0.117. The smallest absolute Gasteiger partial charge is 0.0837 e. The summed E-state index contributed by atoms with van der Waals surface area (Å²) in [5, 5.41) is 0. The first-order valence-electron chi connectivity index (χ1n) is 6.82. The molecular formula is C16H26O. The lowest BCUT2D eigenvalue weighted by atomic mass is 9.61. The molecule has 0 saturated heterocycles. The van der Waals surface area contributed by atoms with E-state index in [-0.39, 0.29) is 5.60 Å². The lowest BCUT2D eigenvalue weighted by molar-refractivity contribution is 0.0370. The molecule has 96 valence electrons. The van der Waals surface area contributed by atoms with Crippen LogP contribution in [0.15, 0.2) is 23.3 Å². The monoisotopic (exact) mass is 234 g/mol. The normalized spacial score (nSPS) is 32.8. The van der Waals surface area contributed by atoms with Crippen LogP contribution in [0.1, 0.15) is 41.0 Å². The molecule has 3 atom stereocenters. The second-order valence-corrected chi connectivity index (χ2v) is 6.52. The van der Waals surface area contributed by atoms with Crippen molar-refractivity contribution < 1.29 is 4.74 Å². The molecule has 0 N–H and O–H groups in total. The van der Waals surface area contributed by atoms with Gasteiger partial charge in [-0.3, -0.25) is 0 Å². The van der Waals surface area contributed by atoms with Gasteiger partial charge < -0.3 is 4.74 Å². The summed E-state index contributed by atoms with van der Waals surface area (Å²) in [5.41, 5.74) is 2.94. The Morgan fingerprint density at radius 1 is 1.29 bits per heavy atom. The van der Waals surface area contributed by atoms with Gasteiger partial charge in [-0.05, 0) is 50.5 Å². The van der Waals surface area contributed by atoms with Crippen LogP contribution in [0, 0.1) is 23.7 Å². The third-order valence-electron chi connectivity index (χ3n) is 4.82. The molecule has 2 bridgehead atoms. The van der Waals surface area contributed by atoms with Crippen molar-refractivity contribution in [3.05, 3.63) is 23.3 Å². The standard InChI is InChI=1S/C16H26O/c1-10(2)13-8-12-9-15(16(4,5)17-6)14(13)7-11(12)3/h7,9-10,12-14H,8H2,1-6H3. The van der Waals surface area contributed by atoms with E-state index in [0.717, 1.165) is 11.8 Å². The van der Waals surface area contributed by atoms with Crippen molar-refractivity contribution in [3.8, 4) is 0 Å². The molecule has 0 radical (unpaired) electrons. The average Bonchev–Trinajstić information content (AvgIpc) is 2.28. The van der Waals surface area contributed by atoms with Crippen LogP contribution in [0.2, 0.25) is 0 Å². The van der Waals surface area contributed by atoms with E-state index in [1.807, 2.05) is 7.11 Å². The summed E-state index contributed by atoms with van der Waals surface area (Å²) in [4.78, 5) is 0. The Hall–Kier alpha value is -0.560. The lowest BCUT2D eigenvalue weighted by Gasteiger charge is -2.46. The maximum absolute atomic E-state index is 5.70. The van der Waals surface area contributed by atoms with Gasteiger partial charge in [0, 0.05) is 13.0 Å². The average molecular weight is 234 g/mol. The van der Waals surface area contributed by atoms with Gasteiger partial charge in [-0.1, -0.05) is 31.6 Å². The predicted octanol–water partition coefficient (Wildman–Crippen LogP) is 4.21. The molecule has 3 aliphatic carbocycles. The molecule has 17 heavy (non-hydrogen) atoms. The summed E-state index contributed by atoms with van der Waals surface area (Å²) >= 11 is 0. The molecule has 0 heterocycles. The third kappa shape index (κ3) is 2.10. The summed E-state index contributed by atoms with van der Waals surface area (Å²) in [5.74, 6) is 2.79. The van der Waals surface area contributed by atoms with Crippen LogP contribution in [0.4, 0.5) is 0 Å². The molecule has 0 aromatic heterocycles. The SMILES string of the molecule is COC(C)(C)C1=CC2CC(C(C)C)C1C=C2C. The molecule has 0 aromatic rings. The first-order chi connectivity index (χ1) is 7.86. The minimum Gasteiger partial charge on any atom is -0.374 e. The first kappa shape index (κ1) is 12.9. The molecule has 0 fully saturated rings. The highest BCUT2D eigenvalue weighted by Gasteiger charge is 2.42. The highest BCUT2D eigenvalue weighted by atomic mass is 16.5. The summed E-state index contributed by atoms with van der Waals surface area (Å²) in [6.07, 6.45) is 6.30. The zero-order chi connectivity index (χ0) is 12.8. The molecule has 3 unspecified atom stereocenters. The predicted molar refractivity (Wildman–Crippen MR) is 72.9 cm³/mol. The van der Waals surface area contributed by atoms with Gasteiger partial charge in [0.2, 0.25) is 0 Å². The molecule has 1 heteroatoms. The third-order valence-corrected chi connectivity index (χ3v) is 4.82. The highest BCUT2D eigenvalue weighted by Crippen LogP contribution is 2.49. The van der Waals surface area contributed by atoms with E-state index in [2.05, 4.69) is 46.8 Å². The Kier molecular flexibility index (Phi) is 3.24. The fourth-order valence-electron chi connectivity index (χ4n) is 3.41. The van der Waals surface area contributed by atoms with E-state index in [9.17, 15) is 0 Å². The molecule has 0 aliphatic heterocycles. The summed E-state index contributed by atoms with van der Waals surface area (Å²) < 4.78 is 5.70. The zero-order valence-corrected chi connectivity index (χ0v) is 12.1. The second-order valence-electron chi connectivity index (χ2n) is 6.52. The Morgan fingerprint density at radius 2 is 1.94 bits per heavy atom. The van der Waals surface area contributed by atoms with E-state index in [1.165, 1.54) is 12.0 Å². The van der Waals surface area contributed by atoms with Crippen LogP contribution in [0.3, 0.4) is 0 Å². The molecule has 0 amide bonds. The Bertz CT molecular complexity index is 360. The van der Waals surface area contributed by atoms with Crippen LogP contribution in [-0.4, -0.2) is 12.7 Å². The molecule has 3 rings (SSSR count). The Balaban J connectivity index is 2.36. The van der Waals surface area contributed by atoms with Crippen LogP contribution in [0.5, 0.6) is 0 Å². The number of ether oxygens (including phenoxy) is 1. The lowest BCUT2D eigenvalue weighted by Crippen LogP contribution is -2.40. The van der Waals surface area contributed by atoms with Crippen molar-refractivity contribution in [2.24, 2.45) is 23.7 Å². The van der Waals surface area contributed by atoms with Gasteiger partial charge >= 0.3 is 0 Å². The van der Waals surface area contributed by atoms with Crippen LogP contribution in [0.25, 0.3) is 0 Å². The number of hydrogen-bond donors (Lipinski definition) is 0. The van der Waals surface area contributed by atoms with Crippen molar-refractivity contribution in [1.82, 2.24) is 0 Å². The summed E-state index contributed by atoms with van der Waals surface area (Å²) in [6, 6.07) is 0. The quantitative estimate of drug-likeness (QED) is 0.665. The van der Waals surface area contributed by atoms with Gasteiger partial charge in [0.15, 0.2) is 0 Å². The van der Waals surface area contributed by atoms with E-state index >= 15 is 0 Å². The van der Waals surface area contributed by atoms with Gasteiger partial charge in [-0.25, -0.2) is 0 Å². The number of allylic oxidation sites excluding steroid dienone is 3. The highest BCUT2D eigenvalue weighted by molar-refractivity contribution is 5.36. The van der Waals surface area contributed by atoms with Crippen molar-refractivity contribution >= 4 is 0 Å². The molecule has 3 aliphatic rings. The fraction of sp³-hybridized carbons (Fsp3) is 0.750. The molecule has 0 aromatic carbocycles. The van der Waals surface area contributed by atoms with Crippen molar-refractivity contribution in [2.75, 3.05) is 7.11 Å². The van der Waals surface area contributed by atoms with E-state index in [1.54, 1.807) is 5.57 Å². The van der Waals surface area contributed by atoms with E-state index in [0.29, 0.717) is 11.8 Å². The van der Waals surface area contributed by atoms with Crippen LogP contribution in [-0.2, 0) is 4.74 Å². The minimum absolute atomic E-state index is 0.117. The van der Waals surface area contributed by atoms with Crippen molar-refractivity contribution in [3.63, 3.8) is 0 Å². The van der Waals surface area contributed by atoms with E-state index < -0.39 is 0 Å². The molecule has 1 nitrogen and oxygen atoms in total. The van der Waals surface area contributed by atoms with Gasteiger partial charge in [0.25, 0.3) is 0 Å². The first-order valence-corrected chi connectivity index (χ1v) is 6.82.